The first-order chi connectivity index (χ1) is 16.9. The highest BCUT2D eigenvalue weighted by molar-refractivity contribution is 6.07. The Morgan fingerprint density at radius 3 is 2.46 bits per heavy atom. The van der Waals surface area contributed by atoms with E-state index in [1.165, 1.54) is 44.7 Å². The number of nitriles is 1. The van der Waals surface area contributed by atoms with Crippen LogP contribution in [0.25, 0.3) is 44.3 Å². The van der Waals surface area contributed by atoms with Crippen LogP contribution in [0.5, 0.6) is 11.5 Å². The largest absolute Gasteiger partial charge is 0.495 e. The number of halogens is 1. The zero-order chi connectivity index (χ0) is 24.9. The molecule has 3 heterocycles. The molecule has 0 aliphatic heterocycles. The van der Waals surface area contributed by atoms with Crippen molar-refractivity contribution in [2.45, 2.75) is 6.92 Å². The van der Waals surface area contributed by atoms with Crippen molar-refractivity contribution >= 4 is 27.8 Å². The van der Waals surface area contributed by atoms with Gasteiger partial charge in [0.05, 0.1) is 37.1 Å². The van der Waals surface area contributed by atoms with Gasteiger partial charge in [-0.05, 0) is 36.8 Å². The van der Waals surface area contributed by atoms with Crippen LogP contribution in [-0.2, 0) is 0 Å². The fourth-order valence-corrected chi connectivity index (χ4v) is 4.27. The van der Waals surface area contributed by atoms with Gasteiger partial charge in [0.25, 0.3) is 0 Å². The number of nitrogens with zero attached hydrogens (tertiary/aromatic N) is 2. The van der Waals surface area contributed by atoms with Gasteiger partial charge in [0.15, 0.2) is 11.2 Å². The van der Waals surface area contributed by atoms with Gasteiger partial charge in [-0.2, -0.15) is 5.26 Å². The minimum absolute atomic E-state index is 0.0712. The second-order valence-corrected chi connectivity index (χ2v) is 7.73. The molecule has 0 fully saturated rings. The lowest BCUT2D eigenvalue weighted by Crippen LogP contribution is -2.12. The molecule has 0 amide bonds. The molecule has 0 bridgehead atoms. The number of benzene rings is 2. The van der Waals surface area contributed by atoms with E-state index in [0.717, 1.165) is 0 Å². The minimum Gasteiger partial charge on any atom is -0.495 e. The first kappa shape index (κ1) is 22.0. The van der Waals surface area contributed by atoms with Gasteiger partial charge in [0.1, 0.15) is 40.2 Å². The molecule has 8 nitrogen and oxygen atoms in total. The van der Waals surface area contributed by atoms with Gasteiger partial charge in [0, 0.05) is 5.56 Å². The van der Waals surface area contributed by atoms with E-state index >= 15 is 0 Å². The van der Waals surface area contributed by atoms with Crippen LogP contribution in [0.15, 0.2) is 56.3 Å². The van der Waals surface area contributed by atoms with Crippen molar-refractivity contribution in [1.29, 1.82) is 5.26 Å². The van der Waals surface area contributed by atoms with Crippen molar-refractivity contribution in [3.8, 4) is 40.0 Å². The molecule has 0 unspecified atom stereocenters. The van der Waals surface area contributed by atoms with Crippen LogP contribution < -0.4 is 20.6 Å². The molecule has 35 heavy (non-hydrogen) atoms. The summed E-state index contributed by atoms with van der Waals surface area (Å²) in [6, 6.07) is 10.9. The Balaban J connectivity index is 1.88. The summed E-state index contributed by atoms with van der Waals surface area (Å²) in [5.74, 6) is 0.271. The second kappa shape index (κ2) is 8.18. The van der Waals surface area contributed by atoms with E-state index in [1.54, 1.807) is 19.1 Å². The van der Waals surface area contributed by atoms with Gasteiger partial charge in [-0.15, -0.1) is 0 Å². The highest BCUT2D eigenvalue weighted by atomic mass is 19.1. The van der Waals surface area contributed by atoms with Crippen LogP contribution in [0.4, 0.5) is 10.2 Å². The topological polar surface area (TPSA) is 125 Å². The number of furan rings is 1. The molecule has 3 aromatic heterocycles. The minimum atomic E-state index is -0.427. The summed E-state index contributed by atoms with van der Waals surface area (Å²) >= 11 is 0. The lowest BCUT2D eigenvalue weighted by molar-refractivity contribution is 0.399. The average Bonchev–Trinajstić information content (AvgIpc) is 3.32. The number of hydrogen-bond acceptors (Lipinski definition) is 8. The first-order valence-electron chi connectivity index (χ1n) is 10.4. The van der Waals surface area contributed by atoms with Crippen LogP contribution in [-0.4, -0.2) is 19.2 Å². The van der Waals surface area contributed by atoms with E-state index in [0.29, 0.717) is 22.1 Å². The highest BCUT2D eigenvalue weighted by Gasteiger charge is 2.26. The Morgan fingerprint density at radius 1 is 1.09 bits per heavy atom. The van der Waals surface area contributed by atoms with E-state index in [1.807, 2.05) is 6.07 Å². The van der Waals surface area contributed by atoms with Crippen LogP contribution in [0.3, 0.4) is 0 Å². The zero-order valence-electron chi connectivity index (χ0n) is 18.9. The molecule has 9 heteroatoms. The number of ether oxygens (including phenoxy) is 2. The number of nitrogens with two attached hydrogens (primary N) is 1. The molecule has 0 aliphatic rings. The van der Waals surface area contributed by atoms with E-state index in [4.69, 9.17) is 24.0 Å². The standard InChI is InChI=1S/C26H18FN3O5/c1-12-19(18-10-16(17(11-28)26(29)30-18)13-4-6-14(27)7-5-13)21(31)20-22(32-2)15-8-9-34-23(15)25(33-3)24(20)35-12/h4-10H,1-3H3,(H2,29,30). The number of aryl methyl sites for hydroxylation is 1. The summed E-state index contributed by atoms with van der Waals surface area (Å²) in [4.78, 5) is 18.2. The van der Waals surface area contributed by atoms with Crippen molar-refractivity contribution < 1.29 is 22.7 Å². The molecule has 0 aliphatic carbocycles. The third-order valence-corrected chi connectivity index (χ3v) is 5.82. The number of anilines is 1. The number of pyridine rings is 1. The Hall–Kier alpha value is -4.84. The molecule has 5 rings (SSSR count). The number of nitrogen functional groups attached to an aromatic ring is 1. The fraction of sp³-hybridized carbons (Fsp3) is 0.115. The maximum Gasteiger partial charge on any atom is 0.206 e. The quantitative estimate of drug-likeness (QED) is 0.380. The normalized spacial score (nSPS) is 11.1. The van der Waals surface area contributed by atoms with Gasteiger partial charge < -0.3 is 24.0 Å². The van der Waals surface area contributed by atoms with E-state index in [2.05, 4.69) is 4.98 Å². The van der Waals surface area contributed by atoms with E-state index in [9.17, 15) is 14.4 Å². The van der Waals surface area contributed by atoms with Crippen molar-refractivity contribution in [1.82, 2.24) is 4.98 Å². The first-order valence-corrected chi connectivity index (χ1v) is 10.4. The summed E-state index contributed by atoms with van der Waals surface area (Å²) in [6.07, 6.45) is 1.46. The summed E-state index contributed by atoms with van der Waals surface area (Å²) in [6.45, 7) is 1.61. The molecule has 0 atom stereocenters. The van der Waals surface area contributed by atoms with E-state index in [-0.39, 0.29) is 50.9 Å². The summed E-state index contributed by atoms with van der Waals surface area (Å²) in [5, 5.41) is 10.4. The SMILES string of the molecule is COc1c2occc2c(OC)c2c(=O)c(-c3cc(-c4ccc(F)cc4)c(C#N)c(N)n3)c(C)oc12. The summed E-state index contributed by atoms with van der Waals surface area (Å²) < 4.78 is 36.2. The third kappa shape index (κ3) is 3.27. The number of aromatic nitrogens is 1. The molecular weight excluding hydrogens is 453 g/mol. The molecule has 0 radical (unpaired) electrons. The van der Waals surface area contributed by atoms with Gasteiger partial charge in [-0.3, -0.25) is 4.79 Å². The van der Waals surface area contributed by atoms with Crippen molar-refractivity contribution in [3.63, 3.8) is 0 Å². The van der Waals surface area contributed by atoms with Crippen LogP contribution in [0, 0.1) is 24.1 Å². The number of rotatable bonds is 4. The maximum atomic E-state index is 13.9. The molecule has 174 valence electrons. The predicted octanol–water partition coefficient (Wildman–Crippen LogP) is 5.19. The number of hydrogen-bond donors (Lipinski definition) is 1. The Bertz CT molecular complexity index is 1730. The predicted molar refractivity (Wildman–Crippen MR) is 128 cm³/mol. The van der Waals surface area contributed by atoms with Gasteiger partial charge in [-0.1, -0.05) is 12.1 Å². The second-order valence-electron chi connectivity index (χ2n) is 7.73. The molecular formula is C26H18FN3O5. The van der Waals surface area contributed by atoms with Crippen LogP contribution in [0.2, 0.25) is 0 Å². The molecule has 5 aromatic rings. The highest BCUT2D eigenvalue weighted by Crippen LogP contribution is 2.43. The zero-order valence-corrected chi connectivity index (χ0v) is 18.9. The molecule has 2 N–H and O–H groups in total. The van der Waals surface area contributed by atoms with E-state index < -0.39 is 11.2 Å². The van der Waals surface area contributed by atoms with Crippen molar-refractivity contribution in [2.24, 2.45) is 0 Å². The summed E-state index contributed by atoms with van der Waals surface area (Å²) in [5.41, 5.74) is 7.63. The molecule has 0 spiro atoms. The monoisotopic (exact) mass is 471 g/mol. The third-order valence-electron chi connectivity index (χ3n) is 5.82. The fourth-order valence-electron chi connectivity index (χ4n) is 4.27. The molecule has 0 saturated heterocycles. The van der Waals surface area contributed by atoms with Crippen LogP contribution in [0.1, 0.15) is 11.3 Å². The average molecular weight is 471 g/mol. The van der Waals surface area contributed by atoms with Crippen LogP contribution >= 0.6 is 0 Å². The maximum absolute atomic E-state index is 13.9. The number of methoxy groups -OCH3 is 2. The van der Waals surface area contributed by atoms with Gasteiger partial charge in [-0.25, -0.2) is 9.37 Å². The van der Waals surface area contributed by atoms with Gasteiger partial charge >= 0.3 is 0 Å². The molecule has 2 aromatic carbocycles. The Labute approximate surface area is 197 Å². The summed E-state index contributed by atoms with van der Waals surface area (Å²) in [7, 11) is 2.89. The Kier molecular flexibility index (Phi) is 5.14. The molecule has 0 saturated carbocycles. The Morgan fingerprint density at radius 2 is 1.80 bits per heavy atom. The lowest BCUT2D eigenvalue weighted by Gasteiger charge is -2.14. The van der Waals surface area contributed by atoms with Crippen molar-refractivity contribution in [3.05, 3.63) is 70.0 Å². The lowest BCUT2D eigenvalue weighted by atomic mass is 9.97. The number of fused-ring (bicyclic) bond motifs is 2. The van der Waals surface area contributed by atoms with Gasteiger partial charge in [0.2, 0.25) is 11.2 Å². The smallest absolute Gasteiger partial charge is 0.206 e. The van der Waals surface area contributed by atoms with Crippen molar-refractivity contribution in [2.75, 3.05) is 20.0 Å².